The van der Waals surface area contributed by atoms with Gasteiger partial charge >= 0.3 is 0 Å². The summed E-state index contributed by atoms with van der Waals surface area (Å²) in [6, 6.07) is 13.4. The standard InChI is InChI=1S/C23H30N2O7S/c1-30-20-11-6-12-21(31-2)22(20)32-16-18(26)14-24-23(27)17-8-7-13-25(15-17)33(28,29)19-9-4-3-5-10-19/h3-6,9-12,17-18,26H,7-8,13-16H2,1-2H3,(H,24,27). The molecule has 1 amide bonds. The molecule has 2 unspecified atom stereocenters. The number of carbonyl (C=O) groups excluding carboxylic acids is 1. The molecule has 0 saturated carbocycles. The van der Waals surface area contributed by atoms with Gasteiger partial charge in [0.25, 0.3) is 0 Å². The zero-order valence-corrected chi connectivity index (χ0v) is 19.6. The van der Waals surface area contributed by atoms with Crippen molar-refractivity contribution >= 4 is 15.9 Å². The Morgan fingerprint density at radius 2 is 1.79 bits per heavy atom. The lowest BCUT2D eigenvalue weighted by atomic mass is 9.99. The molecule has 2 aromatic rings. The number of nitrogens with zero attached hydrogens (tertiary/aromatic N) is 1. The molecular formula is C23H30N2O7S. The lowest BCUT2D eigenvalue weighted by Gasteiger charge is -2.31. The van der Waals surface area contributed by atoms with Gasteiger partial charge in [0.15, 0.2) is 11.5 Å². The van der Waals surface area contributed by atoms with E-state index >= 15 is 0 Å². The summed E-state index contributed by atoms with van der Waals surface area (Å²) in [7, 11) is -0.645. The van der Waals surface area contributed by atoms with Crippen LogP contribution in [0, 0.1) is 5.92 Å². The molecule has 1 saturated heterocycles. The lowest BCUT2D eigenvalue weighted by Crippen LogP contribution is -2.47. The first kappa shape index (κ1) is 24.8. The van der Waals surface area contributed by atoms with Crippen molar-refractivity contribution in [3.63, 3.8) is 0 Å². The normalized spacial score (nSPS) is 17.7. The van der Waals surface area contributed by atoms with Crippen molar-refractivity contribution in [2.24, 2.45) is 5.92 Å². The van der Waals surface area contributed by atoms with Crippen molar-refractivity contribution in [2.45, 2.75) is 23.8 Å². The Kier molecular flexibility index (Phi) is 8.54. The van der Waals surface area contributed by atoms with E-state index in [0.29, 0.717) is 36.6 Å². The van der Waals surface area contributed by atoms with Crippen LogP contribution in [-0.2, 0) is 14.8 Å². The van der Waals surface area contributed by atoms with E-state index in [1.54, 1.807) is 48.5 Å². The predicted octanol–water partition coefficient (Wildman–Crippen LogP) is 1.66. The number of sulfonamides is 1. The molecule has 9 nitrogen and oxygen atoms in total. The van der Waals surface area contributed by atoms with Crippen molar-refractivity contribution in [1.82, 2.24) is 9.62 Å². The van der Waals surface area contributed by atoms with Gasteiger partial charge in [-0.1, -0.05) is 24.3 Å². The summed E-state index contributed by atoms with van der Waals surface area (Å²) in [5.41, 5.74) is 0. The highest BCUT2D eigenvalue weighted by Gasteiger charge is 2.33. The average molecular weight is 479 g/mol. The minimum atomic E-state index is -3.65. The second-order valence-corrected chi connectivity index (χ2v) is 9.65. The van der Waals surface area contributed by atoms with Gasteiger partial charge in [-0.2, -0.15) is 4.31 Å². The van der Waals surface area contributed by atoms with E-state index in [1.807, 2.05) is 0 Å². The zero-order chi connectivity index (χ0) is 23.8. The molecule has 33 heavy (non-hydrogen) atoms. The van der Waals surface area contributed by atoms with Gasteiger partial charge < -0.3 is 24.6 Å². The van der Waals surface area contributed by atoms with Crippen LogP contribution >= 0.6 is 0 Å². The molecule has 1 fully saturated rings. The predicted molar refractivity (Wildman–Crippen MR) is 122 cm³/mol. The van der Waals surface area contributed by atoms with Crippen LogP contribution in [0.2, 0.25) is 0 Å². The first-order valence-electron chi connectivity index (χ1n) is 10.7. The second-order valence-electron chi connectivity index (χ2n) is 7.72. The number of ether oxygens (including phenoxy) is 3. The molecule has 3 rings (SSSR count). The number of aliphatic hydroxyl groups is 1. The largest absolute Gasteiger partial charge is 0.493 e. The van der Waals surface area contributed by atoms with Gasteiger partial charge in [0.1, 0.15) is 12.7 Å². The number of hydrogen-bond acceptors (Lipinski definition) is 7. The van der Waals surface area contributed by atoms with Gasteiger partial charge in [-0.15, -0.1) is 0 Å². The smallest absolute Gasteiger partial charge is 0.243 e. The summed E-state index contributed by atoms with van der Waals surface area (Å²) >= 11 is 0. The molecule has 1 heterocycles. The minimum Gasteiger partial charge on any atom is -0.493 e. The average Bonchev–Trinajstić information content (AvgIpc) is 2.86. The number of carbonyl (C=O) groups is 1. The van der Waals surface area contributed by atoms with Crippen molar-refractivity contribution in [3.05, 3.63) is 48.5 Å². The molecular weight excluding hydrogens is 448 g/mol. The third kappa shape index (κ3) is 6.16. The summed E-state index contributed by atoms with van der Waals surface area (Å²) in [6.45, 7) is 0.362. The highest BCUT2D eigenvalue weighted by Crippen LogP contribution is 2.36. The van der Waals surface area contributed by atoms with Crippen molar-refractivity contribution in [1.29, 1.82) is 0 Å². The Hall–Kier alpha value is -2.82. The van der Waals surface area contributed by atoms with Gasteiger partial charge in [-0.25, -0.2) is 8.42 Å². The lowest BCUT2D eigenvalue weighted by molar-refractivity contribution is -0.126. The van der Waals surface area contributed by atoms with E-state index < -0.39 is 22.0 Å². The van der Waals surface area contributed by atoms with E-state index in [0.717, 1.165) is 0 Å². The van der Waals surface area contributed by atoms with Gasteiger partial charge in [0, 0.05) is 19.6 Å². The van der Waals surface area contributed by atoms with Crippen LogP contribution in [0.1, 0.15) is 12.8 Å². The maximum Gasteiger partial charge on any atom is 0.243 e. The van der Waals surface area contributed by atoms with Crippen LogP contribution in [0.3, 0.4) is 0 Å². The van der Waals surface area contributed by atoms with E-state index in [9.17, 15) is 18.3 Å². The molecule has 1 aliphatic heterocycles. The van der Waals surface area contributed by atoms with Gasteiger partial charge in [0.2, 0.25) is 21.7 Å². The maximum atomic E-state index is 12.9. The van der Waals surface area contributed by atoms with Crippen LogP contribution in [-0.4, -0.2) is 70.3 Å². The van der Waals surface area contributed by atoms with Crippen molar-refractivity contribution in [2.75, 3.05) is 40.5 Å². The fourth-order valence-electron chi connectivity index (χ4n) is 3.68. The zero-order valence-electron chi connectivity index (χ0n) is 18.8. The van der Waals surface area contributed by atoms with Gasteiger partial charge in [0.05, 0.1) is 25.0 Å². The van der Waals surface area contributed by atoms with E-state index in [1.165, 1.54) is 18.5 Å². The van der Waals surface area contributed by atoms with E-state index in [-0.39, 0.29) is 30.5 Å². The molecule has 0 aromatic heterocycles. The number of hydrogen-bond donors (Lipinski definition) is 2. The molecule has 2 N–H and O–H groups in total. The molecule has 1 aliphatic rings. The first-order valence-corrected chi connectivity index (χ1v) is 12.2. The SMILES string of the molecule is COc1cccc(OC)c1OCC(O)CNC(=O)C1CCCN(S(=O)(=O)c2ccccc2)C1. The molecule has 0 radical (unpaired) electrons. The Balaban J connectivity index is 1.52. The van der Waals surface area contributed by atoms with Crippen LogP contribution < -0.4 is 19.5 Å². The maximum absolute atomic E-state index is 12.9. The Labute approximate surface area is 194 Å². The van der Waals surface area contributed by atoms with E-state index in [4.69, 9.17) is 14.2 Å². The second kappa shape index (κ2) is 11.4. The Bertz CT molecular complexity index is 1010. The van der Waals surface area contributed by atoms with Crippen LogP contribution in [0.4, 0.5) is 0 Å². The third-order valence-electron chi connectivity index (χ3n) is 5.45. The molecule has 2 aromatic carbocycles. The number of amides is 1. The summed E-state index contributed by atoms with van der Waals surface area (Å²) in [4.78, 5) is 12.9. The molecule has 2 atom stereocenters. The fraction of sp³-hybridized carbons (Fsp3) is 0.435. The Morgan fingerprint density at radius 3 is 2.42 bits per heavy atom. The molecule has 10 heteroatoms. The molecule has 0 aliphatic carbocycles. The van der Waals surface area contributed by atoms with Crippen molar-refractivity contribution in [3.8, 4) is 17.2 Å². The summed E-state index contributed by atoms with van der Waals surface area (Å²) < 4.78 is 43.3. The molecule has 180 valence electrons. The number of methoxy groups -OCH3 is 2. The summed E-state index contributed by atoms with van der Waals surface area (Å²) in [5, 5.41) is 13.0. The monoisotopic (exact) mass is 478 g/mol. The summed E-state index contributed by atoms with van der Waals surface area (Å²) in [6.07, 6.45) is 0.192. The number of rotatable bonds is 10. The summed E-state index contributed by atoms with van der Waals surface area (Å²) in [5.74, 6) is 0.512. The van der Waals surface area contributed by atoms with Crippen LogP contribution in [0.15, 0.2) is 53.4 Å². The number of para-hydroxylation sites is 1. The molecule has 0 spiro atoms. The number of nitrogens with one attached hydrogen (secondary N) is 1. The highest BCUT2D eigenvalue weighted by molar-refractivity contribution is 7.89. The fourth-order valence-corrected chi connectivity index (χ4v) is 5.22. The topological polar surface area (TPSA) is 114 Å². The quantitative estimate of drug-likeness (QED) is 0.534. The Morgan fingerprint density at radius 1 is 1.12 bits per heavy atom. The van der Waals surface area contributed by atoms with Gasteiger partial charge in [-0.3, -0.25) is 4.79 Å². The van der Waals surface area contributed by atoms with Gasteiger partial charge in [-0.05, 0) is 37.1 Å². The van der Waals surface area contributed by atoms with Crippen LogP contribution in [0.5, 0.6) is 17.2 Å². The number of piperidine rings is 1. The first-order chi connectivity index (χ1) is 15.9. The van der Waals surface area contributed by atoms with Crippen LogP contribution in [0.25, 0.3) is 0 Å². The third-order valence-corrected chi connectivity index (χ3v) is 7.33. The van der Waals surface area contributed by atoms with Crippen molar-refractivity contribution < 1.29 is 32.5 Å². The number of aliphatic hydroxyl groups excluding tert-OH is 1. The van der Waals surface area contributed by atoms with E-state index in [2.05, 4.69) is 5.32 Å². The number of benzene rings is 2. The minimum absolute atomic E-state index is 0.0295. The highest BCUT2D eigenvalue weighted by atomic mass is 32.2. The molecule has 0 bridgehead atoms.